The highest BCUT2D eigenvalue weighted by molar-refractivity contribution is 7.89. The fourth-order valence-electron chi connectivity index (χ4n) is 3.20. The molecule has 1 saturated carbocycles. The van der Waals surface area contributed by atoms with E-state index in [0.29, 0.717) is 13.1 Å². The highest BCUT2D eigenvalue weighted by atomic mass is 35.5. The SMILES string of the molecule is CC(C)C(=O)NC1CCCN(C(=O)c2cc(S(=O)(=O)NC3CC3)c(Cl)cc2Cl)C1. The maximum absolute atomic E-state index is 13.1. The third kappa shape index (κ3) is 5.42. The molecule has 2 aliphatic rings. The minimum atomic E-state index is -3.84. The van der Waals surface area contributed by atoms with Gasteiger partial charge in [-0.1, -0.05) is 37.0 Å². The van der Waals surface area contributed by atoms with E-state index in [4.69, 9.17) is 23.2 Å². The highest BCUT2D eigenvalue weighted by Crippen LogP contribution is 2.31. The van der Waals surface area contributed by atoms with Crippen molar-refractivity contribution >= 4 is 45.0 Å². The molecule has 1 saturated heterocycles. The summed E-state index contributed by atoms with van der Waals surface area (Å²) in [7, 11) is -3.84. The average molecular weight is 462 g/mol. The first-order valence-corrected chi connectivity index (χ1v) is 11.9. The number of likely N-dealkylation sites (tertiary alicyclic amines) is 1. The number of halogens is 2. The summed E-state index contributed by atoms with van der Waals surface area (Å²) < 4.78 is 27.7. The molecule has 29 heavy (non-hydrogen) atoms. The summed E-state index contributed by atoms with van der Waals surface area (Å²) in [5.41, 5.74) is 0.0862. The summed E-state index contributed by atoms with van der Waals surface area (Å²) >= 11 is 12.3. The summed E-state index contributed by atoms with van der Waals surface area (Å²) in [6.45, 7) is 4.48. The standard InChI is InChI=1S/C19H25Cl2N3O4S/c1-11(2)18(25)22-13-4-3-7-24(10-13)19(26)14-8-17(16(21)9-15(14)20)29(27,28)23-12-5-6-12/h8-9,11-13,23H,3-7,10H2,1-2H3,(H,22,25). The number of hydrogen-bond donors (Lipinski definition) is 2. The van der Waals surface area contributed by atoms with Crippen LogP contribution >= 0.6 is 23.2 Å². The normalized spacial score (nSPS) is 20.0. The molecule has 1 atom stereocenters. The summed E-state index contributed by atoms with van der Waals surface area (Å²) in [6, 6.07) is 2.31. The van der Waals surface area contributed by atoms with Crippen molar-refractivity contribution in [1.82, 2.24) is 14.9 Å². The summed E-state index contributed by atoms with van der Waals surface area (Å²) in [5.74, 6) is -0.579. The van der Waals surface area contributed by atoms with Crippen molar-refractivity contribution in [3.8, 4) is 0 Å². The maximum atomic E-state index is 13.1. The van der Waals surface area contributed by atoms with Gasteiger partial charge in [0.25, 0.3) is 5.91 Å². The number of nitrogens with zero attached hydrogens (tertiary/aromatic N) is 1. The second-order valence-corrected chi connectivity index (χ2v) is 10.4. The van der Waals surface area contributed by atoms with Crippen LogP contribution in [0.15, 0.2) is 17.0 Å². The molecule has 0 bridgehead atoms. The first kappa shape index (κ1) is 22.3. The van der Waals surface area contributed by atoms with E-state index in [-0.39, 0.29) is 50.3 Å². The van der Waals surface area contributed by atoms with Crippen molar-refractivity contribution < 1.29 is 18.0 Å². The second kappa shape index (κ2) is 8.79. The number of piperidine rings is 1. The molecule has 7 nitrogen and oxygen atoms in total. The van der Waals surface area contributed by atoms with Gasteiger partial charge in [-0.3, -0.25) is 9.59 Å². The van der Waals surface area contributed by atoms with Gasteiger partial charge in [0.1, 0.15) is 4.90 Å². The Balaban J connectivity index is 1.81. The van der Waals surface area contributed by atoms with Crippen molar-refractivity contribution in [2.75, 3.05) is 13.1 Å². The van der Waals surface area contributed by atoms with Gasteiger partial charge in [0.05, 0.1) is 15.6 Å². The lowest BCUT2D eigenvalue weighted by atomic mass is 10.0. The zero-order chi connectivity index (χ0) is 21.3. The lowest BCUT2D eigenvalue weighted by Crippen LogP contribution is -2.50. The Hall–Kier alpha value is -1.35. The van der Waals surface area contributed by atoms with Gasteiger partial charge in [-0.25, -0.2) is 13.1 Å². The van der Waals surface area contributed by atoms with Crippen molar-refractivity contribution in [2.24, 2.45) is 5.92 Å². The first-order chi connectivity index (χ1) is 13.6. The van der Waals surface area contributed by atoms with Gasteiger partial charge >= 0.3 is 0 Å². The monoisotopic (exact) mass is 461 g/mol. The van der Waals surface area contributed by atoms with Crippen LogP contribution in [0, 0.1) is 5.92 Å². The van der Waals surface area contributed by atoms with Crippen LogP contribution in [0.2, 0.25) is 10.0 Å². The summed E-state index contributed by atoms with van der Waals surface area (Å²) in [5, 5.41) is 3.02. The van der Waals surface area contributed by atoms with Gasteiger partial charge in [-0.15, -0.1) is 0 Å². The highest BCUT2D eigenvalue weighted by Gasteiger charge is 2.32. The molecule has 0 radical (unpaired) electrons. The van der Waals surface area contributed by atoms with Crippen LogP contribution in [0.3, 0.4) is 0 Å². The van der Waals surface area contributed by atoms with Crippen molar-refractivity contribution in [3.05, 3.63) is 27.7 Å². The number of carbonyl (C=O) groups excluding carboxylic acids is 2. The van der Waals surface area contributed by atoms with Crippen LogP contribution < -0.4 is 10.0 Å². The van der Waals surface area contributed by atoms with E-state index in [1.165, 1.54) is 12.1 Å². The number of amides is 2. The first-order valence-electron chi connectivity index (χ1n) is 9.69. The molecule has 1 aliphatic carbocycles. The number of nitrogens with one attached hydrogen (secondary N) is 2. The van der Waals surface area contributed by atoms with E-state index in [1.807, 2.05) is 13.8 Å². The van der Waals surface area contributed by atoms with E-state index in [1.54, 1.807) is 4.90 Å². The van der Waals surface area contributed by atoms with Crippen LogP contribution in [0.25, 0.3) is 0 Å². The number of sulfonamides is 1. The molecule has 0 aromatic heterocycles. The van der Waals surface area contributed by atoms with E-state index < -0.39 is 10.0 Å². The van der Waals surface area contributed by atoms with E-state index in [9.17, 15) is 18.0 Å². The molecule has 1 unspecified atom stereocenters. The topological polar surface area (TPSA) is 95.6 Å². The molecular weight excluding hydrogens is 437 g/mol. The molecule has 10 heteroatoms. The van der Waals surface area contributed by atoms with Gasteiger partial charge in [-0.2, -0.15) is 0 Å². The Bertz CT molecular complexity index is 916. The Morgan fingerprint density at radius 2 is 1.79 bits per heavy atom. The number of carbonyl (C=O) groups is 2. The van der Waals surface area contributed by atoms with Crippen LogP contribution in [-0.2, 0) is 14.8 Å². The Morgan fingerprint density at radius 3 is 2.41 bits per heavy atom. The van der Waals surface area contributed by atoms with Crippen LogP contribution in [0.4, 0.5) is 0 Å². The smallest absolute Gasteiger partial charge is 0.255 e. The molecule has 1 aromatic carbocycles. The van der Waals surface area contributed by atoms with Gasteiger partial charge in [-0.05, 0) is 37.8 Å². The molecule has 160 valence electrons. The predicted octanol–water partition coefficient (Wildman–Crippen LogP) is 2.81. The Morgan fingerprint density at radius 1 is 1.10 bits per heavy atom. The van der Waals surface area contributed by atoms with Gasteiger partial charge < -0.3 is 10.2 Å². The molecule has 1 aromatic rings. The molecule has 0 spiro atoms. The summed E-state index contributed by atoms with van der Waals surface area (Å²) in [6.07, 6.45) is 3.08. The maximum Gasteiger partial charge on any atom is 0.255 e. The van der Waals surface area contributed by atoms with E-state index in [0.717, 1.165) is 25.7 Å². The predicted molar refractivity (Wildman–Crippen MR) is 112 cm³/mol. The van der Waals surface area contributed by atoms with Gasteiger partial charge in [0.2, 0.25) is 15.9 Å². The largest absolute Gasteiger partial charge is 0.351 e. The van der Waals surface area contributed by atoms with E-state index >= 15 is 0 Å². The Kier molecular flexibility index (Phi) is 6.77. The van der Waals surface area contributed by atoms with Gasteiger partial charge in [0.15, 0.2) is 0 Å². The second-order valence-electron chi connectivity index (χ2n) is 7.91. The fraction of sp³-hybridized carbons (Fsp3) is 0.579. The zero-order valence-electron chi connectivity index (χ0n) is 16.4. The average Bonchev–Trinajstić information content (AvgIpc) is 3.44. The Labute approximate surface area is 181 Å². The summed E-state index contributed by atoms with van der Waals surface area (Å²) in [4.78, 5) is 26.5. The van der Waals surface area contributed by atoms with Crippen molar-refractivity contribution in [3.63, 3.8) is 0 Å². The number of hydrogen-bond acceptors (Lipinski definition) is 4. The van der Waals surface area contributed by atoms with Crippen LogP contribution in [0.1, 0.15) is 49.9 Å². The number of rotatable bonds is 6. The van der Waals surface area contributed by atoms with Crippen LogP contribution in [0.5, 0.6) is 0 Å². The minimum Gasteiger partial charge on any atom is -0.351 e. The van der Waals surface area contributed by atoms with Gasteiger partial charge in [0, 0.05) is 31.1 Å². The molecular formula is C19H25Cl2N3O4S. The van der Waals surface area contributed by atoms with E-state index in [2.05, 4.69) is 10.0 Å². The lowest BCUT2D eigenvalue weighted by molar-refractivity contribution is -0.125. The van der Waals surface area contributed by atoms with Crippen LogP contribution in [-0.4, -0.2) is 50.3 Å². The third-order valence-corrected chi connectivity index (χ3v) is 7.32. The lowest BCUT2D eigenvalue weighted by Gasteiger charge is -2.33. The third-order valence-electron chi connectivity index (χ3n) is 5.02. The molecule has 1 heterocycles. The number of benzene rings is 1. The quantitative estimate of drug-likeness (QED) is 0.680. The molecule has 2 N–H and O–H groups in total. The van der Waals surface area contributed by atoms with Crippen molar-refractivity contribution in [1.29, 1.82) is 0 Å². The molecule has 3 rings (SSSR count). The zero-order valence-corrected chi connectivity index (χ0v) is 18.7. The molecule has 1 aliphatic heterocycles. The minimum absolute atomic E-state index is 0.0274. The molecule has 2 fully saturated rings. The fourth-order valence-corrected chi connectivity index (χ4v) is 5.36. The molecule has 2 amide bonds. The van der Waals surface area contributed by atoms with Crippen molar-refractivity contribution in [2.45, 2.75) is 56.5 Å².